The molecule has 2 rings (SSSR count). The second-order valence-corrected chi connectivity index (χ2v) is 5.62. The van der Waals surface area contributed by atoms with Crippen molar-refractivity contribution in [3.63, 3.8) is 0 Å². The minimum Gasteiger partial charge on any atom is -0.493 e. The fourth-order valence-corrected chi connectivity index (χ4v) is 2.79. The van der Waals surface area contributed by atoms with E-state index in [1.807, 2.05) is 6.92 Å². The van der Waals surface area contributed by atoms with Crippen LogP contribution in [0.1, 0.15) is 56.2 Å². The first-order chi connectivity index (χ1) is 8.66. The van der Waals surface area contributed by atoms with E-state index >= 15 is 0 Å². The van der Waals surface area contributed by atoms with Crippen LogP contribution in [-0.2, 0) is 0 Å². The van der Waals surface area contributed by atoms with Crippen LogP contribution < -0.4 is 10.5 Å². The molecule has 1 fully saturated rings. The molecule has 2 nitrogen and oxygen atoms in total. The maximum absolute atomic E-state index is 6.00. The lowest BCUT2D eigenvalue weighted by Crippen LogP contribution is -2.10. The van der Waals surface area contributed by atoms with Gasteiger partial charge in [0.2, 0.25) is 0 Å². The second kappa shape index (κ2) is 6.24. The van der Waals surface area contributed by atoms with Gasteiger partial charge in [-0.1, -0.05) is 43.4 Å². The van der Waals surface area contributed by atoms with Crippen LogP contribution in [0, 0.1) is 12.8 Å². The Labute approximate surface area is 111 Å². The lowest BCUT2D eigenvalue weighted by molar-refractivity contribution is 0.276. The van der Waals surface area contributed by atoms with E-state index in [0.29, 0.717) is 0 Å². The van der Waals surface area contributed by atoms with Crippen LogP contribution in [0.2, 0.25) is 0 Å². The third-order valence-corrected chi connectivity index (χ3v) is 3.91. The fourth-order valence-electron chi connectivity index (χ4n) is 2.79. The van der Waals surface area contributed by atoms with Gasteiger partial charge in [-0.25, -0.2) is 0 Å². The molecule has 0 spiro atoms. The molecule has 0 aliphatic heterocycles. The molecule has 1 atom stereocenters. The molecular formula is C16H25NO. The highest BCUT2D eigenvalue weighted by Gasteiger charge is 2.15. The Bertz CT molecular complexity index is 381. The SMILES string of the molecule is Cc1ccc(OCCC2CCCC2)c([C@@H](C)N)c1. The maximum atomic E-state index is 6.00. The molecule has 1 aliphatic rings. The maximum Gasteiger partial charge on any atom is 0.124 e. The predicted molar refractivity (Wildman–Crippen MR) is 75.9 cm³/mol. The van der Waals surface area contributed by atoms with Crippen molar-refractivity contribution in [1.29, 1.82) is 0 Å². The molecule has 2 heteroatoms. The first-order valence-electron chi connectivity index (χ1n) is 7.15. The highest BCUT2D eigenvalue weighted by molar-refractivity contribution is 5.38. The number of ether oxygens (including phenoxy) is 1. The molecule has 0 heterocycles. The average Bonchev–Trinajstić information content (AvgIpc) is 2.84. The third-order valence-electron chi connectivity index (χ3n) is 3.91. The van der Waals surface area contributed by atoms with Gasteiger partial charge in [-0.3, -0.25) is 0 Å². The summed E-state index contributed by atoms with van der Waals surface area (Å²) in [7, 11) is 0. The first kappa shape index (κ1) is 13.4. The Hall–Kier alpha value is -1.02. The molecule has 0 aromatic heterocycles. The van der Waals surface area contributed by atoms with Gasteiger partial charge in [0.05, 0.1) is 6.61 Å². The van der Waals surface area contributed by atoms with Gasteiger partial charge >= 0.3 is 0 Å². The lowest BCUT2D eigenvalue weighted by atomic mass is 10.0. The van der Waals surface area contributed by atoms with Crippen LogP contribution in [0.5, 0.6) is 5.75 Å². The van der Waals surface area contributed by atoms with E-state index in [4.69, 9.17) is 10.5 Å². The Morgan fingerprint density at radius 3 is 2.72 bits per heavy atom. The van der Waals surface area contributed by atoms with Crippen LogP contribution >= 0.6 is 0 Å². The lowest BCUT2D eigenvalue weighted by Gasteiger charge is -2.16. The van der Waals surface area contributed by atoms with E-state index in [-0.39, 0.29) is 6.04 Å². The largest absolute Gasteiger partial charge is 0.493 e. The summed E-state index contributed by atoms with van der Waals surface area (Å²) in [5.74, 6) is 1.85. The fraction of sp³-hybridized carbons (Fsp3) is 0.625. The summed E-state index contributed by atoms with van der Waals surface area (Å²) in [5.41, 5.74) is 8.36. The predicted octanol–water partition coefficient (Wildman–Crippen LogP) is 3.97. The normalized spacial score (nSPS) is 17.9. The topological polar surface area (TPSA) is 35.2 Å². The number of aryl methyl sites for hydroxylation is 1. The molecule has 1 aromatic rings. The molecule has 18 heavy (non-hydrogen) atoms. The van der Waals surface area contributed by atoms with Gasteiger partial charge in [0.15, 0.2) is 0 Å². The molecule has 0 bridgehead atoms. The molecule has 1 saturated carbocycles. The van der Waals surface area contributed by atoms with Crippen molar-refractivity contribution in [2.45, 2.75) is 52.0 Å². The van der Waals surface area contributed by atoms with Crippen LogP contribution in [-0.4, -0.2) is 6.61 Å². The monoisotopic (exact) mass is 247 g/mol. The number of nitrogens with two attached hydrogens (primary N) is 1. The van der Waals surface area contributed by atoms with E-state index in [1.54, 1.807) is 0 Å². The van der Waals surface area contributed by atoms with E-state index < -0.39 is 0 Å². The minimum atomic E-state index is 0.0337. The summed E-state index contributed by atoms with van der Waals surface area (Å²) >= 11 is 0. The van der Waals surface area contributed by atoms with Gasteiger partial charge in [-0.05, 0) is 32.3 Å². The van der Waals surface area contributed by atoms with Crippen LogP contribution in [0.25, 0.3) is 0 Å². The number of benzene rings is 1. The molecule has 1 aromatic carbocycles. The van der Waals surface area contributed by atoms with Crippen molar-refractivity contribution in [2.75, 3.05) is 6.61 Å². The van der Waals surface area contributed by atoms with E-state index in [0.717, 1.165) is 23.8 Å². The van der Waals surface area contributed by atoms with E-state index in [9.17, 15) is 0 Å². The van der Waals surface area contributed by atoms with Crippen molar-refractivity contribution < 1.29 is 4.74 Å². The number of rotatable bonds is 5. The molecule has 2 N–H and O–H groups in total. The molecule has 0 unspecified atom stereocenters. The summed E-state index contributed by atoms with van der Waals surface area (Å²) in [6, 6.07) is 6.32. The van der Waals surface area contributed by atoms with Crippen molar-refractivity contribution >= 4 is 0 Å². The van der Waals surface area contributed by atoms with E-state index in [2.05, 4.69) is 25.1 Å². The second-order valence-electron chi connectivity index (χ2n) is 5.62. The average molecular weight is 247 g/mol. The number of hydrogen-bond acceptors (Lipinski definition) is 2. The summed E-state index contributed by atoms with van der Waals surface area (Å²) in [5, 5.41) is 0. The molecule has 1 aliphatic carbocycles. The van der Waals surface area contributed by atoms with Crippen molar-refractivity contribution in [2.24, 2.45) is 11.7 Å². The quantitative estimate of drug-likeness (QED) is 0.854. The van der Waals surface area contributed by atoms with Crippen molar-refractivity contribution in [1.82, 2.24) is 0 Å². The highest BCUT2D eigenvalue weighted by atomic mass is 16.5. The Balaban J connectivity index is 1.91. The van der Waals surface area contributed by atoms with Crippen LogP contribution in [0.4, 0.5) is 0 Å². The summed E-state index contributed by atoms with van der Waals surface area (Å²) in [6.07, 6.45) is 6.77. The molecule has 0 saturated heterocycles. The zero-order valence-electron chi connectivity index (χ0n) is 11.6. The smallest absolute Gasteiger partial charge is 0.124 e. The van der Waals surface area contributed by atoms with Gasteiger partial charge in [0.1, 0.15) is 5.75 Å². The van der Waals surface area contributed by atoms with Crippen LogP contribution in [0.3, 0.4) is 0 Å². The first-order valence-corrected chi connectivity index (χ1v) is 7.15. The Morgan fingerprint density at radius 1 is 1.33 bits per heavy atom. The molecular weight excluding hydrogens is 222 g/mol. The Kier molecular flexibility index (Phi) is 4.65. The van der Waals surface area contributed by atoms with Gasteiger partial charge in [0.25, 0.3) is 0 Å². The zero-order valence-corrected chi connectivity index (χ0v) is 11.6. The summed E-state index contributed by atoms with van der Waals surface area (Å²) in [4.78, 5) is 0. The molecule has 100 valence electrons. The molecule has 0 radical (unpaired) electrons. The van der Waals surface area contributed by atoms with Crippen molar-refractivity contribution in [3.8, 4) is 5.75 Å². The van der Waals surface area contributed by atoms with Gasteiger partial charge < -0.3 is 10.5 Å². The van der Waals surface area contributed by atoms with Gasteiger partial charge in [-0.15, -0.1) is 0 Å². The van der Waals surface area contributed by atoms with E-state index in [1.165, 1.54) is 37.7 Å². The van der Waals surface area contributed by atoms with Crippen molar-refractivity contribution in [3.05, 3.63) is 29.3 Å². The summed E-state index contributed by atoms with van der Waals surface area (Å²) < 4.78 is 5.94. The van der Waals surface area contributed by atoms with Gasteiger partial charge in [-0.2, -0.15) is 0 Å². The minimum absolute atomic E-state index is 0.0337. The standard InChI is InChI=1S/C16H25NO/c1-12-7-8-16(15(11-12)13(2)17)18-10-9-14-5-3-4-6-14/h7-8,11,13-14H,3-6,9-10,17H2,1-2H3/t13-/m1/s1. The molecule has 0 amide bonds. The third kappa shape index (κ3) is 3.49. The number of hydrogen-bond donors (Lipinski definition) is 1. The van der Waals surface area contributed by atoms with Crippen LogP contribution in [0.15, 0.2) is 18.2 Å². The van der Waals surface area contributed by atoms with Gasteiger partial charge in [0, 0.05) is 11.6 Å². The zero-order chi connectivity index (χ0) is 13.0. The highest BCUT2D eigenvalue weighted by Crippen LogP contribution is 2.29. The summed E-state index contributed by atoms with van der Waals surface area (Å²) in [6.45, 7) is 4.93. The Morgan fingerprint density at radius 2 is 2.06 bits per heavy atom.